The van der Waals surface area contributed by atoms with Crippen LogP contribution in [-0.4, -0.2) is 4.57 Å². The van der Waals surface area contributed by atoms with Gasteiger partial charge in [0.1, 0.15) is 0 Å². The van der Waals surface area contributed by atoms with Crippen LogP contribution in [0.5, 0.6) is 0 Å². The predicted octanol–water partition coefficient (Wildman–Crippen LogP) is 11.8. The Kier molecular flexibility index (Phi) is 6.15. The summed E-state index contributed by atoms with van der Waals surface area (Å²) in [5, 5.41) is 5.83. The number of para-hydroxylation sites is 1. The number of hydrogen-bond acceptors (Lipinski definition) is 1. The highest BCUT2D eigenvalue weighted by atomic mass is 35.5. The Hall–Kier alpha value is -4.37. The molecule has 40 heavy (non-hydrogen) atoms. The van der Waals surface area contributed by atoms with E-state index in [9.17, 15) is 0 Å². The van der Waals surface area contributed by atoms with Crippen molar-refractivity contribution in [2.45, 2.75) is 6.92 Å². The summed E-state index contributed by atoms with van der Waals surface area (Å²) >= 11 is 8.38. The second kappa shape index (κ2) is 9.98. The van der Waals surface area contributed by atoms with Gasteiger partial charge in [-0.3, -0.25) is 0 Å². The highest BCUT2D eigenvalue weighted by Crippen LogP contribution is 2.40. The Bertz CT molecular complexity index is 2150. The molecule has 0 aliphatic rings. The van der Waals surface area contributed by atoms with Gasteiger partial charge >= 0.3 is 0 Å². The van der Waals surface area contributed by atoms with Gasteiger partial charge in [-0.15, -0.1) is 11.3 Å². The number of aromatic nitrogens is 1. The van der Waals surface area contributed by atoms with Crippen molar-refractivity contribution in [3.05, 3.63) is 139 Å². The van der Waals surface area contributed by atoms with Crippen LogP contribution in [0.1, 0.15) is 6.92 Å². The summed E-state index contributed by atoms with van der Waals surface area (Å²) in [6, 6.07) is 37.0. The first-order chi connectivity index (χ1) is 19.6. The second-order valence-electron chi connectivity index (χ2n) is 10.0. The molecule has 0 radical (unpaired) electrons. The van der Waals surface area contributed by atoms with E-state index in [0.717, 1.165) is 21.8 Å². The molecule has 2 aromatic heterocycles. The molecule has 7 aromatic rings. The lowest BCUT2D eigenvalue weighted by atomic mass is 9.99. The minimum absolute atomic E-state index is 0.773. The van der Waals surface area contributed by atoms with Crippen molar-refractivity contribution >= 4 is 70.6 Å². The molecule has 192 valence electrons. The highest BCUT2D eigenvalue weighted by Gasteiger charge is 2.14. The molecule has 7 rings (SSSR count). The van der Waals surface area contributed by atoms with Gasteiger partial charge in [0.2, 0.25) is 0 Å². The SMILES string of the molecule is C=C/C=C\C=C(/C)n1c2ccccc2c2ccc(-c3ccc4sc5ccc(-c6ccccc6Cl)cc5c4c3)cc21. The van der Waals surface area contributed by atoms with E-state index in [1.54, 1.807) is 6.08 Å². The third kappa shape index (κ3) is 4.08. The van der Waals surface area contributed by atoms with Crippen molar-refractivity contribution in [1.29, 1.82) is 0 Å². The van der Waals surface area contributed by atoms with Crippen LogP contribution in [0.15, 0.2) is 134 Å². The zero-order chi connectivity index (χ0) is 27.2. The van der Waals surface area contributed by atoms with Gasteiger partial charge in [0.15, 0.2) is 0 Å². The summed E-state index contributed by atoms with van der Waals surface area (Å²) in [5.41, 5.74) is 8.19. The predicted molar refractivity (Wildman–Crippen MR) is 177 cm³/mol. The monoisotopic (exact) mass is 551 g/mol. The molecular weight excluding hydrogens is 526 g/mol. The minimum Gasteiger partial charge on any atom is -0.313 e. The maximum atomic E-state index is 6.54. The minimum atomic E-state index is 0.773. The molecule has 0 aliphatic heterocycles. The van der Waals surface area contributed by atoms with Crippen molar-refractivity contribution in [3.63, 3.8) is 0 Å². The molecule has 3 heteroatoms. The number of fused-ring (bicyclic) bond motifs is 6. The molecule has 5 aromatic carbocycles. The number of nitrogens with zero attached hydrogens (tertiary/aromatic N) is 1. The third-order valence-corrected chi connectivity index (χ3v) is 9.08. The van der Waals surface area contributed by atoms with Crippen LogP contribution in [0, 0.1) is 0 Å². The largest absolute Gasteiger partial charge is 0.313 e. The van der Waals surface area contributed by atoms with Crippen LogP contribution >= 0.6 is 22.9 Å². The van der Waals surface area contributed by atoms with Gasteiger partial charge in [-0.2, -0.15) is 0 Å². The van der Waals surface area contributed by atoms with E-state index >= 15 is 0 Å². The molecule has 0 spiro atoms. The first-order valence-electron chi connectivity index (χ1n) is 13.3. The van der Waals surface area contributed by atoms with Crippen LogP contribution in [0.2, 0.25) is 5.02 Å². The Labute approximate surface area is 242 Å². The van der Waals surface area contributed by atoms with Crippen LogP contribution in [0.25, 0.3) is 69.9 Å². The van der Waals surface area contributed by atoms with Crippen LogP contribution in [0.4, 0.5) is 0 Å². The van der Waals surface area contributed by atoms with E-state index in [1.807, 2.05) is 41.7 Å². The molecule has 0 unspecified atom stereocenters. The molecule has 1 nitrogen and oxygen atoms in total. The zero-order valence-corrected chi connectivity index (χ0v) is 23.6. The smallest absolute Gasteiger partial charge is 0.0543 e. The van der Waals surface area contributed by atoms with Crippen molar-refractivity contribution in [2.75, 3.05) is 0 Å². The molecular formula is C37H26ClNS. The lowest BCUT2D eigenvalue weighted by Gasteiger charge is -2.09. The average molecular weight is 552 g/mol. The first-order valence-corrected chi connectivity index (χ1v) is 14.5. The second-order valence-corrected chi connectivity index (χ2v) is 11.5. The standard InChI is InChI=1S/C37H26ClNS/c1-3-4-5-10-24(2)39-34-14-9-7-12-29(34)30-18-15-26(23-35(30)39)25-16-19-36-31(21-25)32-22-27(17-20-37(32)40-36)28-11-6-8-13-33(28)38/h3-23H,1H2,2H3/b5-4-,24-10+. The number of halogens is 1. The van der Waals surface area contributed by atoms with Crippen molar-refractivity contribution in [2.24, 2.45) is 0 Å². The van der Waals surface area contributed by atoms with Gasteiger partial charge in [-0.25, -0.2) is 0 Å². The van der Waals surface area contributed by atoms with Gasteiger partial charge in [-0.1, -0.05) is 97.1 Å². The molecule has 0 amide bonds. The van der Waals surface area contributed by atoms with Gasteiger partial charge in [0.25, 0.3) is 0 Å². The van der Waals surface area contributed by atoms with Crippen molar-refractivity contribution < 1.29 is 0 Å². The number of allylic oxidation sites excluding steroid dienone is 5. The molecule has 0 aliphatic carbocycles. The molecule has 0 saturated heterocycles. The fourth-order valence-corrected chi connectivity index (χ4v) is 7.01. The summed E-state index contributed by atoms with van der Waals surface area (Å²) in [5.74, 6) is 0. The van der Waals surface area contributed by atoms with Crippen LogP contribution < -0.4 is 0 Å². The van der Waals surface area contributed by atoms with Gasteiger partial charge < -0.3 is 4.57 Å². The number of thiophene rings is 1. The van der Waals surface area contributed by atoms with Crippen LogP contribution in [-0.2, 0) is 0 Å². The average Bonchev–Trinajstić information content (AvgIpc) is 3.52. The third-order valence-electron chi connectivity index (χ3n) is 7.60. The molecule has 0 fully saturated rings. The summed E-state index contributed by atoms with van der Waals surface area (Å²) < 4.78 is 4.93. The van der Waals surface area contributed by atoms with E-state index in [1.165, 1.54) is 53.1 Å². The maximum Gasteiger partial charge on any atom is 0.0543 e. The Balaban J connectivity index is 1.41. The molecule has 0 atom stereocenters. The fraction of sp³-hybridized carbons (Fsp3) is 0.0270. The van der Waals surface area contributed by atoms with E-state index in [-0.39, 0.29) is 0 Å². The molecule has 0 N–H and O–H groups in total. The van der Waals surface area contributed by atoms with Gasteiger partial charge in [-0.05, 0) is 72.2 Å². The molecule has 0 bridgehead atoms. The summed E-state index contributed by atoms with van der Waals surface area (Å²) in [7, 11) is 0. The quantitative estimate of drug-likeness (QED) is 0.187. The molecule has 2 heterocycles. The van der Waals surface area contributed by atoms with E-state index in [4.69, 9.17) is 11.6 Å². The number of hydrogen-bond donors (Lipinski definition) is 0. The van der Waals surface area contributed by atoms with Crippen LogP contribution in [0.3, 0.4) is 0 Å². The summed E-state index contributed by atoms with van der Waals surface area (Å²) in [6.07, 6.45) is 7.94. The lowest BCUT2D eigenvalue weighted by molar-refractivity contribution is 1.20. The van der Waals surface area contributed by atoms with E-state index in [0.29, 0.717) is 0 Å². The summed E-state index contributed by atoms with van der Waals surface area (Å²) in [6.45, 7) is 5.96. The number of benzene rings is 5. The first kappa shape index (κ1) is 24.7. The maximum absolute atomic E-state index is 6.54. The Morgan fingerprint density at radius 3 is 2.12 bits per heavy atom. The summed E-state index contributed by atoms with van der Waals surface area (Å²) in [4.78, 5) is 0. The Morgan fingerprint density at radius 1 is 0.675 bits per heavy atom. The lowest BCUT2D eigenvalue weighted by Crippen LogP contribution is -1.93. The van der Waals surface area contributed by atoms with Crippen molar-refractivity contribution in [1.82, 2.24) is 4.57 Å². The van der Waals surface area contributed by atoms with Gasteiger partial charge in [0, 0.05) is 47.2 Å². The zero-order valence-electron chi connectivity index (χ0n) is 22.1. The Morgan fingerprint density at radius 2 is 1.32 bits per heavy atom. The van der Waals surface area contributed by atoms with E-state index in [2.05, 4.69) is 109 Å². The number of rotatable bonds is 5. The van der Waals surface area contributed by atoms with Crippen molar-refractivity contribution in [3.8, 4) is 22.3 Å². The highest BCUT2D eigenvalue weighted by molar-refractivity contribution is 7.25. The molecule has 0 saturated carbocycles. The normalized spacial score (nSPS) is 12.4. The van der Waals surface area contributed by atoms with Gasteiger partial charge in [0.05, 0.1) is 11.0 Å². The van der Waals surface area contributed by atoms with E-state index < -0.39 is 0 Å². The topological polar surface area (TPSA) is 4.93 Å². The fourth-order valence-electron chi connectivity index (χ4n) is 5.70.